The molecule has 3 aromatic rings. The molecule has 0 unspecified atom stereocenters. The van der Waals surface area contributed by atoms with Crippen molar-refractivity contribution in [1.82, 2.24) is 14.6 Å². The summed E-state index contributed by atoms with van der Waals surface area (Å²) in [5, 5.41) is 8.55. The minimum absolute atomic E-state index is 0.0513. The Balaban J connectivity index is 1.49. The summed E-state index contributed by atoms with van der Waals surface area (Å²) in [5.74, 6) is 1.28. The van der Waals surface area contributed by atoms with Gasteiger partial charge in [-0.3, -0.25) is 4.40 Å². The van der Waals surface area contributed by atoms with Gasteiger partial charge < -0.3 is 4.74 Å². The molecular weight excluding hydrogens is 324 g/mol. The molecule has 0 N–H and O–H groups in total. The Kier molecular flexibility index (Phi) is 4.11. The van der Waals surface area contributed by atoms with Crippen molar-refractivity contribution >= 4 is 5.65 Å². The number of hydrogen-bond donors (Lipinski definition) is 0. The summed E-state index contributed by atoms with van der Waals surface area (Å²) >= 11 is 0. The summed E-state index contributed by atoms with van der Waals surface area (Å²) in [6, 6.07) is 5.73. The topological polar surface area (TPSA) is 39.4 Å². The van der Waals surface area contributed by atoms with Gasteiger partial charge >= 0.3 is 0 Å². The lowest BCUT2D eigenvalue weighted by atomic mass is 10.1. The van der Waals surface area contributed by atoms with E-state index in [4.69, 9.17) is 4.74 Å². The molecule has 1 aliphatic rings. The molecule has 0 amide bonds. The Morgan fingerprint density at radius 2 is 1.92 bits per heavy atom. The number of rotatable bonds is 6. The highest BCUT2D eigenvalue weighted by Gasteiger charge is 2.24. The van der Waals surface area contributed by atoms with Gasteiger partial charge in [-0.15, -0.1) is 10.2 Å². The van der Waals surface area contributed by atoms with Crippen LogP contribution in [0.15, 0.2) is 30.5 Å². The fourth-order valence-electron chi connectivity index (χ4n) is 3.02. The van der Waals surface area contributed by atoms with Gasteiger partial charge in [0.25, 0.3) is 0 Å². The highest BCUT2D eigenvalue weighted by Crippen LogP contribution is 2.32. The number of pyridine rings is 1. The van der Waals surface area contributed by atoms with Crippen molar-refractivity contribution in [1.29, 1.82) is 0 Å². The van der Waals surface area contributed by atoms with Crippen LogP contribution in [0, 0.1) is 24.5 Å². The van der Waals surface area contributed by atoms with Crippen LogP contribution in [0.1, 0.15) is 29.8 Å². The van der Waals surface area contributed by atoms with Gasteiger partial charge in [0.2, 0.25) is 0 Å². The number of fused-ring (bicyclic) bond motifs is 1. The quantitative estimate of drug-likeness (QED) is 0.682. The van der Waals surface area contributed by atoms with E-state index in [9.17, 15) is 8.78 Å². The zero-order valence-electron chi connectivity index (χ0n) is 14.0. The first kappa shape index (κ1) is 16.0. The number of nitrogens with zero attached hydrogens (tertiary/aromatic N) is 3. The molecule has 4 rings (SSSR count). The van der Waals surface area contributed by atoms with Gasteiger partial charge in [0.1, 0.15) is 23.2 Å². The van der Waals surface area contributed by atoms with E-state index in [-0.39, 0.29) is 18.6 Å². The zero-order valence-corrected chi connectivity index (χ0v) is 14.0. The Hall–Kier alpha value is -2.50. The van der Waals surface area contributed by atoms with E-state index < -0.39 is 11.6 Å². The standard InChI is InChI=1S/C19H19F2N3O/c1-12-17(25-10-8-14-15(20)3-2-4-16(14)21)7-9-24-18(11-13-5-6-13)22-23-19(12)24/h2-4,7,9,13H,5-6,8,10-11H2,1H3. The van der Waals surface area contributed by atoms with Crippen molar-refractivity contribution < 1.29 is 13.5 Å². The molecule has 1 aliphatic carbocycles. The molecular formula is C19H19F2N3O. The first-order chi connectivity index (χ1) is 12.1. The van der Waals surface area contributed by atoms with E-state index in [0.29, 0.717) is 5.75 Å². The number of hydrogen-bond acceptors (Lipinski definition) is 3. The van der Waals surface area contributed by atoms with Gasteiger partial charge in [-0.25, -0.2) is 8.78 Å². The van der Waals surface area contributed by atoms with Crippen LogP contribution in [0.3, 0.4) is 0 Å². The van der Waals surface area contributed by atoms with Gasteiger partial charge in [0.15, 0.2) is 5.65 Å². The van der Waals surface area contributed by atoms with E-state index in [1.807, 2.05) is 23.6 Å². The minimum atomic E-state index is -0.544. The van der Waals surface area contributed by atoms with Gasteiger partial charge in [-0.2, -0.15) is 0 Å². The molecule has 2 heterocycles. The number of benzene rings is 1. The van der Waals surface area contributed by atoms with Gasteiger partial charge in [-0.1, -0.05) is 6.07 Å². The summed E-state index contributed by atoms with van der Waals surface area (Å²) in [5.41, 5.74) is 1.70. The van der Waals surface area contributed by atoms with Crippen LogP contribution in [0.25, 0.3) is 5.65 Å². The van der Waals surface area contributed by atoms with Gasteiger partial charge in [0, 0.05) is 30.2 Å². The van der Waals surface area contributed by atoms with E-state index in [1.165, 1.54) is 31.0 Å². The molecule has 0 aliphatic heterocycles. The molecule has 1 fully saturated rings. The normalized spacial score (nSPS) is 14.2. The maximum absolute atomic E-state index is 13.7. The predicted molar refractivity (Wildman–Crippen MR) is 89.7 cm³/mol. The van der Waals surface area contributed by atoms with E-state index in [0.717, 1.165) is 29.4 Å². The number of halogens is 2. The lowest BCUT2D eigenvalue weighted by molar-refractivity contribution is 0.315. The van der Waals surface area contributed by atoms with Crippen molar-refractivity contribution in [2.45, 2.75) is 32.6 Å². The van der Waals surface area contributed by atoms with E-state index >= 15 is 0 Å². The second-order valence-corrected chi connectivity index (χ2v) is 6.56. The molecule has 25 heavy (non-hydrogen) atoms. The lowest BCUT2D eigenvalue weighted by Crippen LogP contribution is -2.07. The monoisotopic (exact) mass is 343 g/mol. The summed E-state index contributed by atoms with van der Waals surface area (Å²) in [6.07, 6.45) is 5.55. The first-order valence-corrected chi connectivity index (χ1v) is 8.52. The summed E-state index contributed by atoms with van der Waals surface area (Å²) in [7, 11) is 0. The third-order valence-electron chi connectivity index (χ3n) is 4.69. The van der Waals surface area contributed by atoms with Crippen LogP contribution in [-0.2, 0) is 12.8 Å². The highest BCUT2D eigenvalue weighted by atomic mass is 19.1. The number of ether oxygens (including phenoxy) is 1. The van der Waals surface area contributed by atoms with Crippen LogP contribution in [0.2, 0.25) is 0 Å². The third kappa shape index (κ3) is 3.21. The number of aryl methyl sites for hydroxylation is 1. The maximum Gasteiger partial charge on any atom is 0.167 e. The Morgan fingerprint density at radius 3 is 2.64 bits per heavy atom. The largest absolute Gasteiger partial charge is 0.493 e. The van der Waals surface area contributed by atoms with Gasteiger partial charge in [0.05, 0.1) is 6.61 Å². The van der Waals surface area contributed by atoms with Crippen LogP contribution < -0.4 is 4.74 Å². The van der Waals surface area contributed by atoms with Crippen LogP contribution in [0.4, 0.5) is 8.78 Å². The smallest absolute Gasteiger partial charge is 0.167 e. The van der Waals surface area contributed by atoms with Crippen LogP contribution >= 0.6 is 0 Å². The average molecular weight is 343 g/mol. The van der Waals surface area contributed by atoms with Gasteiger partial charge in [-0.05, 0) is 43.9 Å². The molecule has 4 nitrogen and oxygen atoms in total. The van der Waals surface area contributed by atoms with Crippen LogP contribution in [-0.4, -0.2) is 21.2 Å². The maximum atomic E-state index is 13.7. The highest BCUT2D eigenvalue weighted by molar-refractivity contribution is 5.54. The third-order valence-corrected chi connectivity index (χ3v) is 4.69. The molecule has 0 saturated heterocycles. The zero-order chi connectivity index (χ0) is 17.4. The fourth-order valence-corrected chi connectivity index (χ4v) is 3.02. The van der Waals surface area contributed by atoms with E-state index in [1.54, 1.807) is 0 Å². The summed E-state index contributed by atoms with van der Waals surface area (Å²) < 4.78 is 35.1. The van der Waals surface area contributed by atoms with Crippen molar-refractivity contribution in [3.05, 3.63) is 59.0 Å². The Bertz CT molecular complexity index is 898. The second-order valence-electron chi connectivity index (χ2n) is 6.56. The Labute approximate surface area is 144 Å². The minimum Gasteiger partial charge on any atom is -0.493 e. The lowest BCUT2D eigenvalue weighted by Gasteiger charge is -2.11. The number of aromatic nitrogens is 3. The Morgan fingerprint density at radius 1 is 1.16 bits per heavy atom. The molecule has 130 valence electrons. The van der Waals surface area contributed by atoms with E-state index in [2.05, 4.69) is 10.2 Å². The molecule has 6 heteroatoms. The fraction of sp³-hybridized carbons (Fsp3) is 0.368. The molecule has 0 spiro atoms. The van der Waals surface area contributed by atoms with Crippen molar-refractivity contribution in [3.8, 4) is 5.75 Å². The molecule has 1 saturated carbocycles. The second kappa shape index (κ2) is 6.43. The predicted octanol–water partition coefficient (Wildman–Crippen LogP) is 3.89. The van der Waals surface area contributed by atoms with Crippen molar-refractivity contribution in [2.75, 3.05) is 6.61 Å². The first-order valence-electron chi connectivity index (χ1n) is 8.52. The van der Waals surface area contributed by atoms with Crippen LogP contribution in [0.5, 0.6) is 5.75 Å². The van der Waals surface area contributed by atoms with Crippen molar-refractivity contribution in [3.63, 3.8) is 0 Å². The SMILES string of the molecule is Cc1c(OCCc2c(F)cccc2F)ccn2c(CC3CC3)nnc12. The molecule has 1 aromatic carbocycles. The van der Waals surface area contributed by atoms with Crippen molar-refractivity contribution in [2.24, 2.45) is 5.92 Å². The average Bonchev–Trinajstić information content (AvgIpc) is 3.31. The molecule has 2 aromatic heterocycles. The molecule has 0 atom stereocenters. The molecule has 0 bridgehead atoms. The summed E-state index contributed by atoms with van der Waals surface area (Å²) in [6.45, 7) is 2.11. The molecule has 0 radical (unpaired) electrons. The summed E-state index contributed by atoms with van der Waals surface area (Å²) in [4.78, 5) is 0.